The van der Waals surface area contributed by atoms with Gasteiger partial charge in [-0.05, 0) is 41.6 Å². The molecule has 0 saturated heterocycles. The van der Waals surface area contributed by atoms with Gasteiger partial charge in [0.25, 0.3) is 0 Å². The molecule has 0 aromatic carbocycles. The molecule has 0 unspecified atom stereocenters. The number of carbonyl (C=O) groups is 1. The third kappa shape index (κ3) is 1.39. The number of nitrogens with one attached hydrogen (secondary N) is 1. The first-order valence-corrected chi connectivity index (χ1v) is 5.01. The number of hydrogen-bond acceptors (Lipinski definition) is 1. The summed E-state index contributed by atoms with van der Waals surface area (Å²) in [6.07, 6.45) is 2.21. The fraction of sp³-hybridized carbons (Fsp3) is 0.444. The summed E-state index contributed by atoms with van der Waals surface area (Å²) in [7, 11) is 0. The minimum Gasteiger partial charge on any atom is -0.478 e. The van der Waals surface area contributed by atoms with Gasteiger partial charge in [0, 0.05) is 11.4 Å². The Labute approximate surface area is 84.3 Å². The Hall–Kier alpha value is -0.770. The van der Waals surface area contributed by atoms with E-state index in [0.29, 0.717) is 16.0 Å². The highest BCUT2D eigenvalue weighted by molar-refractivity contribution is 9.10. The Balaban J connectivity index is 2.54. The quantitative estimate of drug-likeness (QED) is 0.840. The van der Waals surface area contributed by atoms with Crippen LogP contribution < -0.4 is 0 Å². The van der Waals surface area contributed by atoms with Gasteiger partial charge in [-0.1, -0.05) is 0 Å². The number of carboxylic acid groups (broad SMARTS) is 1. The van der Waals surface area contributed by atoms with E-state index in [4.69, 9.17) is 5.11 Å². The minimum atomic E-state index is -0.849. The summed E-state index contributed by atoms with van der Waals surface area (Å²) >= 11 is 3.29. The molecule has 70 valence electrons. The molecule has 1 aliphatic carbocycles. The smallest absolute Gasteiger partial charge is 0.338 e. The van der Waals surface area contributed by atoms with Gasteiger partial charge in [-0.15, -0.1) is 0 Å². The summed E-state index contributed by atoms with van der Waals surface area (Å²) in [5.41, 5.74) is 2.20. The Morgan fingerprint density at radius 1 is 1.62 bits per heavy atom. The summed E-state index contributed by atoms with van der Waals surface area (Å²) in [5.74, 6) is -0.408. The monoisotopic (exact) mass is 243 g/mol. The van der Waals surface area contributed by atoms with Crippen LogP contribution in [0.25, 0.3) is 0 Å². The van der Waals surface area contributed by atoms with Crippen molar-refractivity contribution in [1.29, 1.82) is 0 Å². The predicted molar refractivity (Wildman–Crippen MR) is 52.2 cm³/mol. The number of hydrogen-bond donors (Lipinski definition) is 2. The van der Waals surface area contributed by atoms with Crippen molar-refractivity contribution in [2.75, 3.05) is 0 Å². The summed E-state index contributed by atoms with van der Waals surface area (Å²) in [6.45, 7) is 1.88. The maximum atomic E-state index is 10.9. The predicted octanol–water partition coefficient (Wildman–Crippen LogP) is 2.66. The van der Waals surface area contributed by atoms with E-state index >= 15 is 0 Å². The Kier molecular flexibility index (Phi) is 1.95. The molecule has 0 aliphatic heterocycles. The number of halogens is 1. The molecule has 1 aromatic rings. The van der Waals surface area contributed by atoms with Gasteiger partial charge in [-0.25, -0.2) is 4.79 Å². The highest BCUT2D eigenvalue weighted by atomic mass is 79.9. The lowest BCUT2D eigenvalue weighted by Crippen LogP contribution is -1.99. The van der Waals surface area contributed by atoms with E-state index in [0.717, 1.165) is 24.2 Å². The first-order chi connectivity index (χ1) is 6.11. The van der Waals surface area contributed by atoms with Crippen LogP contribution in [0.2, 0.25) is 0 Å². The van der Waals surface area contributed by atoms with Crippen molar-refractivity contribution in [3.8, 4) is 0 Å². The zero-order valence-electron chi connectivity index (χ0n) is 7.22. The number of carboxylic acids is 1. The second-order valence-corrected chi connectivity index (χ2v) is 4.23. The molecule has 4 heteroatoms. The largest absolute Gasteiger partial charge is 0.478 e. The normalized spacial score (nSPS) is 16.2. The maximum Gasteiger partial charge on any atom is 0.338 e. The molecular formula is C9H10BrNO2. The van der Waals surface area contributed by atoms with Gasteiger partial charge >= 0.3 is 5.97 Å². The minimum absolute atomic E-state index is 0.417. The summed E-state index contributed by atoms with van der Waals surface area (Å²) in [6, 6.07) is 0. The lowest BCUT2D eigenvalue weighted by Gasteiger charge is -1.96. The fourth-order valence-electron chi connectivity index (χ4n) is 1.51. The molecule has 3 nitrogen and oxygen atoms in total. The van der Waals surface area contributed by atoms with E-state index in [-0.39, 0.29) is 0 Å². The Morgan fingerprint density at radius 2 is 2.23 bits per heavy atom. The first kappa shape index (κ1) is 8.81. The Morgan fingerprint density at radius 3 is 2.69 bits per heavy atom. The van der Waals surface area contributed by atoms with Crippen LogP contribution in [0.1, 0.15) is 40.5 Å². The molecular weight excluding hydrogens is 234 g/mol. The standard InChI is InChI=1S/C9H10BrNO2/c1-4-7(10)6(9(12)13)8(11-4)5-2-3-5/h5,11H,2-3H2,1H3,(H,12,13). The summed E-state index contributed by atoms with van der Waals surface area (Å²) < 4.78 is 0.696. The van der Waals surface area contributed by atoms with Crippen molar-refractivity contribution in [2.24, 2.45) is 0 Å². The second-order valence-electron chi connectivity index (χ2n) is 3.43. The molecule has 1 aliphatic rings. The van der Waals surface area contributed by atoms with E-state index in [2.05, 4.69) is 20.9 Å². The van der Waals surface area contributed by atoms with Crippen molar-refractivity contribution in [3.63, 3.8) is 0 Å². The van der Waals surface area contributed by atoms with Crippen LogP contribution in [0.5, 0.6) is 0 Å². The van der Waals surface area contributed by atoms with Gasteiger partial charge in [0.1, 0.15) is 0 Å². The van der Waals surface area contributed by atoms with Crippen LogP contribution in [-0.4, -0.2) is 16.1 Å². The highest BCUT2D eigenvalue weighted by Crippen LogP contribution is 2.43. The number of aromatic amines is 1. The number of aromatic carboxylic acids is 1. The van der Waals surface area contributed by atoms with Crippen LogP contribution in [0, 0.1) is 6.92 Å². The lowest BCUT2D eigenvalue weighted by molar-refractivity contribution is 0.0695. The number of H-pyrrole nitrogens is 1. The van der Waals surface area contributed by atoms with Crippen LogP contribution in [-0.2, 0) is 0 Å². The van der Waals surface area contributed by atoms with E-state index in [1.807, 2.05) is 6.92 Å². The number of aryl methyl sites for hydroxylation is 1. The van der Waals surface area contributed by atoms with E-state index in [9.17, 15) is 4.79 Å². The molecule has 1 fully saturated rings. The van der Waals surface area contributed by atoms with Crippen LogP contribution >= 0.6 is 15.9 Å². The molecule has 0 radical (unpaired) electrons. The molecule has 2 N–H and O–H groups in total. The molecule has 0 spiro atoms. The third-order valence-corrected chi connectivity index (χ3v) is 3.33. The molecule has 1 heterocycles. The average Bonchev–Trinajstić information content (AvgIpc) is 2.80. The zero-order chi connectivity index (χ0) is 9.59. The SMILES string of the molecule is Cc1[nH]c(C2CC2)c(C(=O)O)c1Br. The topological polar surface area (TPSA) is 53.1 Å². The first-order valence-electron chi connectivity index (χ1n) is 4.22. The summed E-state index contributed by atoms with van der Waals surface area (Å²) in [4.78, 5) is 14.1. The number of rotatable bonds is 2. The Bertz CT molecular complexity index is 366. The van der Waals surface area contributed by atoms with Crippen LogP contribution in [0.3, 0.4) is 0 Å². The number of aromatic nitrogens is 1. The molecule has 1 aromatic heterocycles. The van der Waals surface area contributed by atoms with E-state index < -0.39 is 5.97 Å². The van der Waals surface area contributed by atoms with Crippen LogP contribution in [0.4, 0.5) is 0 Å². The second kappa shape index (κ2) is 2.87. The van der Waals surface area contributed by atoms with Gasteiger partial charge in [0.05, 0.1) is 10.0 Å². The van der Waals surface area contributed by atoms with Gasteiger partial charge in [-0.3, -0.25) is 0 Å². The van der Waals surface area contributed by atoms with Crippen LogP contribution in [0.15, 0.2) is 4.47 Å². The highest BCUT2D eigenvalue weighted by Gasteiger charge is 2.31. The van der Waals surface area contributed by atoms with Crippen molar-refractivity contribution in [1.82, 2.24) is 4.98 Å². The van der Waals surface area contributed by atoms with Crippen molar-refractivity contribution >= 4 is 21.9 Å². The zero-order valence-corrected chi connectivity index (χ0v) is 8.81. The van der Waals surface area contributed by atoms with E-state index in [1.54, 1.807) is 0 Å². The lowest BCUT2D eigenvalue weighted by atomic mass is 10.2. The van der Waals surface area contributed by atoms with Crippen molar-refractivity contribution in [2.45, 2.75) is 25.7 Å². The fourth-order valence-corrected chi connectivity index (χ4v) is 1.99. The van der Waals surface area contributed by atoms with E-state index in [1.165, 1.54) is 0 Å². The molecule has 13 heavy (non-hydrogen) atoms. The molecule has 2 rings (SSSR count). The van der Waals surface area contributed by atoms with Gasteiger partial charge < -0.3 is 10.1 Å². The van der Waals surface area contributed by atoms with Gasteiger partial charge in [-0.2, -0.15) is 0 Å². The van der Waals surface area contributed by atoms with Gasteiger partial charge in [0.2, 0.25) is 0 Å². The molecule has 0 amide bonds. The van der Waals surface area contributed by atoms with Gasteiger partial charge in [0.15, 0.2) is 0 Å². The molecule has 0 atom stereocenters. The average molecular weight is 244 g/mol. The third-order valence-electron chi connectivity index (χ3n) is 2.34. The van der Waals surface area contributed by atoms with Crippen molar-refractivity contribution < 1.29 is 9.90 Å². The molecule has 1 saturated carbocycles. The van der Waals surface area contributed by atoms with Crippen molar-refractivity contribution in [3.05, 3.63) is 21.4 Å². The summed E-state index contributed by atoms with van der Waals surface area (Å²) in [5, 5.41) is 8.99. The maximum absolute atomic E-state index is 10.9. The molecule has 0 bridgehead atoms.